The van der Waals surface area contributed by atoms with E-state index in [-0.39, 0.29) is 28.4 Å². The summed E-state index contributed by atoms with van der Waals surface area (Å²) in [6.07, 6.45) is 5.76. The number of rotatable bonds is 5. The number of aromatic nitrogens is 3. The topological polar surface area (TPSA) is 187 Å². The van der Waals surface area contributed by atoms with Gasteiger partial charge in [-0.05, 0) is 24.3 Å². The molecular weight excluding hydrogens is 484 g/mol. The molecule has 5 rings (SSSR count). The quantitative estimate of drug-likeness (QED) is 0.252. The number of hydrogen-bond donors (Lipinski definition) is 2. The second-order valence-corrected chi connectivity index (χ2v) is 7.32. The predicted molar refractivity (Wildman–Crippen MR) is 131 cm³/mol. The zero-order valence-electron chi connectivity index (χ0n) is 18.7. The number of aromatic hydroxyl groups is 1. The fourth-order valence-electron chi connectivity index (χ4n) is 3.10. The largest absolute Gasteiger partial charge is 0.504 e. The Hall–Kier alpha value is -5.72. The number of nitrogens with one attached hydrogen (secondary N) is 1. The van der Waals surface area contributed by atoms with Crippen LogP contribution in [0, 0.1) is 20.2 Å². The lowest BCUT2D eigenvalue weighted by Gasteiger charge is -2.06. The van der Waals surface area contributed by atoms with Gasteiger partial charge in [-0.2, -0.15) is 0 Å². The smallest absolute Gasteiger partial charge is 0.270 e. The zero-order valence-corrected chi connectivity index (χ0v) is 18.7. The van der Waals surface area contributed by atoms with Crippen molar-refractivity contribution in [3.8, 4) is 17.2 Å². The predicted octanol–water partition coefficient (Wildman–Crippen LogP) is 4.75. The minimum Gasteiger partial charge on any atom is -0.504 e. The van der Waals surface area contributed by atoms with Crippen molar-refractivity contribution in [3.05, 3.63) is 111 Å². The summed E-state index contributed by atoms with van der Waals surface area (Å²) >= 11 is 0. The van der Waals surface area contributed by atoms with Crippen LogP contribution in [0.2, 0.25) is 0 Å². The second kappa shape index (κ2) is 10.7. The third kappa shape index (κ3) is 5.86. The van der Waals surface area contributed by atoms with E-state index in [1.165, 1.54) is 48.8 Å². The van der Waals surface area contributed by atoms with Crippen molar-refractivity contribution in [1.82, 2.24) is 15.0 Å². The molecule has 184 valence electrons. The Kier molecular flexibility index (Phi) is 7.05. The molecule has 3 heterocycles. The standard InChI is InChI=1S/C12H9N3O4.C12H7N3O3/c16-11-7-13-5-4-10(11)14-12(17)8-2-1-3-9(6-8)15(18)19;16-15(17)9-3-1-2-8(6-9)12-14-10-4-5-13-7-11(10)18-12/h1-7,16H,(H,13,14,17);1-7H. The first kappa shape index (κ1) is 24.4. The number of fused-ring (bicyclic) bond motifs is 1. The summed E-state index contributed by atoms with van der Waals surface area (Å²) in [5, 5.41) is 33.2. The van der Waals surface area contributed by atoms with Gasteiger partial charge in [-0.15, -0.1) is 0 Å². The molecular formula is C24H16N6O7. The molecule has 0 atom stereocenters. The van der Waals surface area contributed by atoms with Gasteiger partial charge < -0.3 is 14.8 Å². The number of anilines is 1. The molecule has 1 amide bonds. The van der Waals surface area contributed by atoms with Gasteiger partial charge in [-0.1, -0.05) is 12.1 Å². The van der Waals surface area contributed by atoms with Gasteiger partial charge in [-0.25, -0.2) is 4.98 Å². The van der Waals surface area contributed by atoms with Crippen LogP contribution in [0.15, 0.2) is 89.9 Å². The number of nitro groups is 2. The van der Waals surface area contributed by atoms with Crippen LogP contribution in [0.5, 0.6) is 5.75 Å². The van der Waals surface area contributed by atoms with Crippen molar-refractivity contribution in [2.45, 2.75) is 0 Å². The first-order valence-electron chi connectivity index (χ1n) is 10.5. The fraction of sp³-hybridized carbons (Fsp3) is 0. The van der Waals surface area contributed by atoms with Gasteiger partial charge in [0.2, 0.25) is 5.89 Å². The number of carbonyl (C=O) groups excluding carboxylic acids is 1. The molecule has 0 aliphatic rings. The van der Waals surface area contributed by atoms with E-state index in [4.69, 9.17) is 4.42 Å². The summed E-state index contributed by atoms with van der Waals surface area (Å²) < 4.78 is 5.49. The van der Waals surface area contributed by atoms with Gasteiger partial charge in [0, 0.05) is 47.8 Å². The second-order valence-electron chi connectivity index (χ2n) is 7.32. The molecule has 3 aromatic heterocycles. The maximum absolute atomic E-state index is 11.9. The van der Waals surface area contributed by atoms with Gasteiger partial charge >= 0.3 is 0 Å². The summed E-state index contributed by atoms with van der Waals surface area (Å²) in [6.45, 7) is 0. The molecule has 0 fully saturated rings. The minimum absolute atomic E-state index is 0.00730. The van der Waals surface area contributed by atoms with Crippen LogP contribution in [0.1, 0.15) is 10.4 Å². The molecule has 13 nitrogen and oxygen atoms in total. The number of nitro benzene ring substituents is 2. The molecule has 0 aliphatic heterocycles. The number of non-ortho nitro benzene ring substituents is 2. The van der Waals surface area contributed by atoms with Crippen LogP contribution in [0.4, 0.5) is 17.1 Å². The van der Waals surface area contributed by atoms with Gasteiger partial charge in [0.1, 0.15) is 5.52 Å². The molecule has 0 aliphatic carbocycles. The highest BCUT2D eigenvalue weighted by Crippen LogP contribution is 2.26. The highest BCUT2D eigenvalue weighted by atomic mass is 16.6. The third-order valence-corrected chi connectivity index (χ3v) is 4.86. The fourth-order valence-corrected chi connectivity index (χ4v) is 3.10. The van der Waals surface area contributed by atoms with Gasteiger partial charge in [0.25, 0.3) is 17.3 Å². The Labute approximate surface area is 207 Å². The van der Waals surface area contributed by atoms with E-state index >= 15 is 0 Å². The summed E-state index contributed by atoms with van der Waals surface area (Å²) in [6, 6.07) is 14.6. The van der Waals surface area contributed by atoms with Crippen LogP contribution in [0.25, 0.3) is 22.6 Å². The lowest BCUT2D eigenvalue weighted by atomic mass is 10.2. The number of benzene rings is 2. The monoisotopic (exact) mass is 500 g/mol. The van der Waals surface area contributed by atoms with Gasteiger partial charge in [-0.3, -0.25) is 35.0 Å². The number of nitrogens with zero attached hydrogens (tertiary/aromatic N) is 5. The zero-order chi connectivity index (χ0) is 26.4. The summed E-state index contributed by atoms with van der Waals surface area (Å²) in [5.41, 5.74) is 1.95. The lowest BCUT2D eigenvalue weighted by Crippen LogP contribution is -2.12. The van der Waals surface area contributed by atoms with Crippen molar-refractivity contribution in [2.75, 3.05) is 5.32 Å². The van der Waals surface area contributed by atoms with Crippen LogP contribution in [0.3, 0.4) is 0 Å². The molecule has 2 N–H and O–H groups in total. The van der Waals surface area contributed by atoms with Crippen molar-refractivity contribution in [2.24, 2.45) is 0 Å². The molecule has 0 saturated carbocycles. The van der Waals surface area contributed by atoms with E-state index in [0.29, 0.717) is 22.6 Å². The highest BCUT2D eigenvalue weighted by Gasteiger charge is 2.13. The SMILES string of the molecule is O=C(Nc1ccncc1O)c1cccc([N+](=O)[O-])c1.O=[N+]([O-])c1cccc(-c2nc3ccncc3o2)c1. The molecule has 13 heteroatoms. The number of pyridine rings is 2. The van der Waals surface area contributed by atoms with E-state index in [0.717, 1.165) is 6.07 Å². The molecule has 5 aromatic rings. The first-order valence-corrected chi connectivity index (χ1v) is 10.5. The Morgan fingerprint density at radius 2 is 1.57 bits per heavy atom. The number of oxazole rings is 1. The molecule has 0 bridgehead atoms. The van der Waals surface area contributed by atoms with E-state index in [2.05, 4.69) is 20.3 Å². The highest BCUT2D eigenvalue weighted by molar-refractivity contribution is 6.05. The van der Waals surface area contributed by atoms with Crippen LogP contribution in [-0.2, 0) is 0 Å². The Morgan fingerprint density at radius 1 is 0.892 bits per heavy atom. The van der Waals surface area contributed by atoms with Crippen LogP contribution >= 0.6 is 0 Å². The molecule has 2 aromatic carbocycles. The van der Waals surface area contributed by atoms with Gasteiger partial charge in [0.15, 0.2) is 11.3 Å². The minimum atomic E-state index is -0.583. The average molecular weight is 500 g/mol. The van der Waals surface area contributed by atoms with Gasteiger partial charge in [0.05, 0.1) is 27.9 Å². The summed E-state index contributed by atoms with van der Waals surface area (Å²) in [4.78, 5) is 44.0. The van der Waals surface area contributed by atoms with E-state index in [1.807, 2.05) is 0 Å². The lowest BCUT2D eigenvalue weighted by molar-refractivity contribution is -0.385. The summed E-state index contributed by atoms with van der Waals surface area (Å²) in [5.74, 6) is -0.381. The van der Waals surface area contributed by atoms with Crippen molar-refractivity contribution in [1.29, 1.82) is 0 Å². The Morgan fingerprint density at radius 3 is 2.27 bits per heavy atom. The van der Waals surface area contributed by atoms with Crippen LogP contribution < -0.4 is 5.32 Å². The third-order valence-electron chi connectivity index (χ3n) is 4.86. The maximum Gasteiger partial charge on any atom is 0.270 e. The van der Waals surface area contributed by atoms with E-state index in [9.17, 15) is 30.1 Å². The summed E-state index contributed by atoms with van der Waals surface area (Å²) in [7, 11) is 0. The Balaban J connectivity index is 0.000000173. The molecule has 0 radical (unpaired) electrons. The van der Waals surface area contributed by atoms with Crippen molar-refractivity contribution in [3.63, 3.8) is 0 Å². The molecule has 0 saturated heterocycles. The first-order chi connectivity index (χ1) is 17.8. The Bertz CT molecular complexity index is 1590. The van der Waals surface area contributed by atoms with E-state index < -0.39 is 15.8 Å². The molecule has 0 unspecified atom stereocenters. The number of hydrogen-bond acceptors (Lipinski definition) is 10. The molecule has 37 heavy (non-hydrogen) atoms. The molecule has 0 spiro atoms. The average Bonchev–Trinajstić information content (AvgIpc) is 3.35. The number of carbonyl (C=O) groups is 1. The number of amides is 1. The van der Waals surface area contributed by atoms with E-state index in [1.54, 1.807) is 30.6 Å². The van der Waals surface area contributed by atoms with Crippen LogP contribution in [-0.4, -0.2) is 35.8 Å². The maximum atomic E-state index is 11.9. The van der Waals surface area contributed by atoms with Crippen molar-refractivity contribution >= 4 is 34.1 Å². The van der Waals surface area contributed by atoms with Crippen molar-refractivity contribution < 1.29 is 24.2 Å². The normalized spacial score (nSPS) is 10.3.